The van der Waals surface area contributed by atoms with E-state index in [1.807, 2.05) is 18.2 Å². The molecule has 2 aromatic rings. The van der Waals surface area contributed by atoms with Crippen LogP contribution in [0.4, 0.5) is 6.01 Å². The summed E-state index contributed by atoms with van der Waals surface area (Å²) < 4.78 is 9.96. The first kappa shape index (κ1) is 11.4. The fourth-order valence-electron chi connectivity index (χ4n) is 1.39. The number of nitrogens with two attached hydrogens (primary N) is 1. The zero-order chi connectivity index (χ0) is 12.3. The van der Waals surface area contributed by atoms with Crippen molar-refractivity contribution in [3.05, 3.63) is 24.3 Å². The molecule has 6 nitrogen and oxygen atoms in total. The third kappa shape index (κ3) is 2.54. The number of carbonyl (C=O) groups excluding carboxylic acids is 1. The van der Waals surface area contributed by atoms with Crippen molar-refractivity contribution in [3.8, 4) is 0 Å². The minimum absolute atomic E-state index is 0.186. The molecule has 0 unspecified atom stereocenters. The van der Waals surface area contributed by atoms with Crippen LogP contribution in [-0.4, -0.2) is 24.6 Å². The number of oxazole rings is 1. The lowest BCUT2D eigenvalue weighted by Gasteiger charge is -2.12. The van der Waals surface area contributed by atoms with Crippen molar-refractivity contribution in [2.45, 2.75) is 6.42 Å². The number of benzene rings is 1. The van der Waals surface area contributed by atoms with Gasteiger partial charge < -0.3 is 9.15 Å². The molecule has 0 aliphatic heterocycles. The van der Waals surface area contributed by atoms with Gasteiger partial charge in [0, 0.05) is 6.54 Å². The topological polar surface area (TPSA) is 81.6 Å². The van der Waals surface area contributed by atoms with Gasteiger partial charge in [0.2, 0.25) is 0 Å². The summed E-state index contributed by atoms with van der Waals surface area (Å²) in [6.07, 6.45) is 0.186. The second kappa shape index (κ2) is 4.84. The summed E-state index contributed by atoms with van der Waals surface area (Å²) >= 11 is 0. The predicted molar refractivity (Wildman–Crippen MR) is 62.2 cm³/mol. The first-order valence-electron chi connectivity index (χ1n) is 5.15. The van der Waals surface area contributed by atoms with Crippen LogP contribution >= 0.6 is 0 Å². The van der Waals surface area contributed by atoms with Gasteiger partial charge in [-0.25, -0.2) is 5.84 Å². The van der Waals surface area contributed by atoms with Crippen LogP contribution in [0.5, 0.6) is 0 Å². The number of hydrogen-bond acceptors (Lipinski definition) is 6. The number of fused-ring (bicyclic) bond motifs is 1. The number of aromatic nitrogens is 1. The van der Waals surface area contributed by atoms with Gasteiger partial charge in [-0.1, -0.05) is 12.1 Å². The van der Waals surface area contributed by atoms with Gasteiger partial charge in [0.25, 0.3) is 0 Å². The van der Waals surface area contributed by atoms with Crippen molar-refractivity contribution in [2.24, 2.45) is 5.84 Å². The quantitative estimate of drug-likeness (QED) is 0.485. The highest BCUT2D eigenvalue weighted by Crippen LogP contribution is 2.19. The molecule has 0 spiro atoms. The molecule has 0 aliphatic carbocycles. The number of rotatable bonds is 4. The Hall–Kier alpha value is -2.08. The van der Waals surface area contributed by atoms with Crippen LogP contribution in [0.3, 0.4) is 0 Å². The molecule has 2 rings (SSSR count). The van der Waals surface area contributed by atoms with Crippen molar-refractivity contribution in [1.82, 2.24) is 4.98 Å². The average Bonchev–Trinajstić information content (AvgIpc) is 2.79. The van der Waals surface area contributed by atoms with E-state index in [1.54, 1.807) is 6.07 Å². The second-order valence-corrected chi connectivity index (χ2v) is 3.48. The SMILES string of the molecule is COC(=O)CCN(N)c1nc2ccccc2o1. The van der Waals surface area contributed by atoms with Gasteiger partial charge in [-0.15, -0.1) is 0 Å². The first-order chi connectivity index (χ1) is 8.20. The Morgan fingerprint density at radius 2 is 2.29 bits per heavy atom. The van der Waals surface area contributed by atoms with Crippen LogP contribution in [0.1, 0.15) is 6.42 Å². The van der Waals surface area contributed by atoms with E-state index in [4.69, 9.17) is 10.3 Å². The molecule has 0 bridgehead atoms. The highest BCUT2D eigenvalue weighted by Gasteiger charge is 2.12. The van der Waals surface area contributed by atoms with Crippen molar-refractivity contribution in [3.63, 3.8) is 0 Å². The maximum Gasteiger partial charge on any atom is 0.313 e. The molecule has 0 radical (unpaired) electrons. The van der Waals surface area contributed by atoms with E-state index >= 15 is 0 Å². The van der Waals surface area contributed by atoms with E-state index in [-0.39, 0.29) is 18.4 Å². The molecule has 1 heterocycles. The monoisotopic (exact) mass is 235 g/mol. The van der Waals surface area contributed by atoms with E-state index in [2.05, 4.69) is 9.72 Å². The number of anilines is 1. The lowest BCUT2D eigenvalue weighted by atomic mass is 10.3. The van der Waals surface area contributed by atoms with Gasteiger partial charge in [-0.2, -0.15) is 4.98 Å². The lowest BCUT2D eigenvalue weighted by Crippen LogP contribution is -2.33. The lowest BCUT2D eigenvalue weighted by molar-refractivity contribution is -0.140. The number of esters is 1. The smallest absolute Gasteiger partial charge is 0.313 e. The van der Waals surface area contributed by atoms with Crippen LogP contribution in [0.15, 0.2) is 28.7 Å². The van der Waals surface area contributed by atoms with E-state index in [9.17, 15) is 4.79 Å². The Labute approximate surface area is 97.9 Å². The Balaban J connectivity index is 2.08. The van der Waals surface area contributed by atoms with Crippen molar-refractivity contribution in [2.75, 3.05) is 18.7 Å². The molecule has 0 atom stereocenters. The summed E-state index contributed by atoms with van der Waals surface area (Å²) in [5.41, 5.74) is 1.40. The molecular formula is C11H13N3O3. The zero-order valence-electron chi connectivity index (χ0n) is 9.42. The molecule has 0 saturated heterocycles. The molecule has 6 heteroatoms. The van der Waals surface area contributed by atoms with Crippen LogP contribution in [-0.2, 0) is 9.53 Å². The number of methoxy groups -OCH3 is 1. The van der Waals surface area contributed by atoms with E-state index < -0.39 is 0 Å². The van der Waals surface area contributed by atoms with Crippen molar-refractivity contribution >= 4 is 23.1 Å². The highest BCUT2D eigenvalue weighted by atomic mass is 16.5. The molecule has 2 N–H and O–H groups in total. The summed E-state index contributed by atoms with van der Waals surface area (Å²) in [6, 6.07) is 7.64. The molecule has 0 saturated carbocycles. The molecule has 1 aromatic carbocycles. The summed E-state index contributed by atoms with van der Waals surface area (Å²) in [4.78, 5) is 15.2. The van der Waals surface area contributed by atoms with Gasteiger partial charge in [-0.3, -0.25) is 9.80 Å². The van der Waals surface area contributed by atoms with Crippen LogP contribution in [0.25, 0.3) is 11.1 Å². The van der Waals surface area contributed by atoms with Gasteiger partial charge in [0.1, 0.15) is 5.52 Å². The standard InChI is InChI=1S/C11H13N3O3/c1-16-10(15)6-7-14(12)11-13-8-4-2-3-5-9(8)17-11/h2-5H,6-7,12H2,1H3. The molecule has 17 heavy (non-hydrogen) atoms. The molecular weight excluding hydrogens is 222 g/mol. The number of hydrazine groups is 1. The normalized spacial score (nSPS) is 10.5. The minimum atomic E-state index is -0.323. The minimum Gasteiger partial charge on any atom is -0.469 e. The van der Waals surface area contributed by atoms with Crippen LogP contribution in [0, 0.1) is 0 Å². The van der Waals surface area contributed by atoms with Gasteiger partial charge in [0.05, 0.1) is 13.5 Å². The molecule has 0 fully saturated rings. The van der Waals surface area contributed by atoms with Crippen LogP contribution in [0.2, 0.25) is 0 Å². The molecule has 0 amide bonds. The maximum atomic E-state index is 11.0. The number of para-hydroxylation sites is 2. The largest absolute Gasteiger partial charge is 0.469 e. The Morgan fingerprint density at radius 1 is 1.53 bits per heavy atom. The van der Waals surface area contributed by atoms with Gasteiger partial charge in [-0.05, 0) is 12.1 Å². The van der Waals surface area contributed by atoms with Gasteiger partial charge in [0.15, 0.2) is 5.58 Å². The predicted octanol–water partition coefficient (Wildman–Crippen LogP) is 1.07. The summed E-state index contributed by atoms with van der Waals surface area (Å²) in [7, 11) is 1.34. The second-order valence-electron chi connectivity index (χ2n) is 3.48. The molecule has 0 aliphatic rings. The Kier molecular flexibility index (Phi) is 3.24. The number of ether oxygens (including phenoxy) is 1. The average molecular weight is 235 g/mol. The number of nitrogens with zero attached hydrogens (tertiary/aromatic N) is 2. The van der Waals surface area contributed by atoms with Crippen LogP contribution < -0.4 is 10.9 Å². The third-order valence-corrected chi connectivity index (χ3v) is 2.31. The number of hydrogen-bond donors (Lipinski definition) is 1. The summed E-state index contributed by atoms with van der Waals surface area (Å²) in [6.45, 7) is 0.291. The summed E-state index contributed by atoms with van der Waals surface area (Å²) in [5, 5.41) is 1.29. The maximum absolute atomic E-state index is 11.0. The fraction of sp³-hybridized carbons (Fsp3) is 0.273. The number of carbonyl (C=O) groups is 1. The fourth-order valence-corrected chi connectivity index (χ4v) is 1.39. The van der Waals surface area contributed by atoms with Gasteiger partial charge >= 0.3 is 12.0 Å². The van der Waals surface area contributed by atoms with E-state index in [1.165, 1.54) is 12.1 Å². The van der Waals surface area contributed by atoms with E-state index in [0.717, 1.165) is 5.52 Å². The van der Waals surface area contributed by atoms with Crippen molar-refractivity contribution < 1.29 is 13.9 Å². The first-order valence-corrected chi connectivity index (χ1v) is 5.15. The molecule has 90 valence electrons. The molecule has 1 aromatic heterocycles. The third-order valence-electron chi connectivity index (χ3n) is 2.31. The Morgan fingerprint density at radius 3 is 3.00 bits per heavy atom. The Bertz CT molecular complexity index is 490. The van der Waals surface area contributed by atoms with E-state index in [0.29, 0.717) is 12.1 Å². The van der Waals surface area contributed by atoms with Crippen molar-refractivity contribution in [1.29, 1.82) is 0 Å². The highest BCUT2D eigenvalue weighted by molar-refractivity contribution is 5.74. The summed E-state index contributed by atoms with van der Waals surface area (Å²) in [5.74, 6) is 5.41. The zero-order valence-corrected chi connectivity index (χ0v) is 9.42.